The first-order valence-electron chi connectivity index (χ1n) is 10.0. The van der Waals surface area contributed by atoms with Crippen molar-refractivity contribution in [1.82, 2.24) is 0 Å². The van der Waals surface area contributed by atoms with Crippen LogP contribution in [0.5, 0.6) is 0 Å². The second-order valence-corrected chi connectivity index (χ2v) is 9.14. The van der Waals surface area contributed by atoms with Gasteiger partial charge in [0.05, 0.1) is 13.2 Å². The molecular weight excluding hydrogens is 328 g/mol. The predicted octanol–water partition coefficient (Wildman–Crippen LogP) is 5.70. The van der Waals surface area contributed by atoms with Gasteiger partial charge in [-0.15, -0.1) is 0 Å². The minimum Gasteiger partial charge on any atom is -0.462 e. The molecule has 0 rings (SSSR count). The van der Waals surface area contributed by atoms with Crippen LogP contribution in [0.1, 0.15) is 87.5 Å². The molecule has 0 aliphatic heterocycles. The molecule has 4 nitrogen and oxygen atoms in total. The van der Waals surface area contributed by atoms with Crippen LogP contribution in [0.15, 0.2) is 11.1 Å². The van der Waals surface area contributed by atoms with Crippen molar-refractivity contribution < 1.29 is 19.1 Å². The Morgan fingerprint density at radius 1 is 0.808 bits per heavy atom. The molecule has 0 aromatic carbocycles. The van der Waals surface area contributed by atoms with Crippen molar-refractivity contribution in [3.8, 4) is 0 Å². The monoisotopic (exact) mass is 368 g/mol. The summed E-state index contributed by atoms with van der Waals surface area (Å²) in [7, 11) is 0. The number of unbranched alkanes of at least 4 members (excludes halogenated alkanes) is 2. The first-order valence-corrected chi connectivity index (χ1v) is 10.0. The summed E-state index contributed by atoms with van der Waals surface area (Å²) in [6.07, 6.45) is 4.01. The van der Waals surface area contributed by atoms with E-state index in [0.717, 1.165) is 19.3 Å². The summed E-state index contributed by atoms with van der Waals surface area (Å²) in [4.78, 5) is 25.5. The van der Waals surface area contributed by atoms with Crippen LogP contribution in [-0.2, 0) is 19.1 Å². The lowest BCUT2D eigenvalue weighted by Gasteiger charge is -2.23. The molecule has 4 heteroatoms. The Morgan fingerprint density at radius 3 is 1.65 bits per heavy atom. The highest BCUT2D eigenvalue weighted by Crippen LogP contribution is 2.29. The second-order valence-electron chi connectivity index (χ2n) is 9.14. The SMILES string of the molecule is CCCCCC(C(=O)OCC(C)C)=C(CC(C)(C)C)C(=O)OCC(C)C. The van der Waals surface area contributed by atoms with Crippen molar-refractivity contribution >= 4 is 11.9 Å². The molecule has 0 unspecified atom stereocenters. The van der Waals surface area contributed by atoms with Crippen LogP contribution in [0.2, 0.25) is 0 Å². The van der Waals surface area contributed by atoms with E-state index >= 15 is 0 Å². The topological polar surface area (TPSA) is 52.6 Å². The molecule has 152 valence electrons. The van der Waals surface area contributed by atoms with Gasteiger partial charge in [-0.05, 0) is 36.5 Å². The van der Waals surface area contributed by atoms with Crippen LogP contribution in [0, 0.1) is 17.3 Å². The van der Waals surface area contributed by atoms with Gasteiger partial charge in [-0.1, -0.05) is 68.2 Å². The van der Waals surface area contributed by atoms with Crippen molar-refractivity contribution in [2.45, 2.75) is 87.5 Å². The van der Waals surface area contributed by atoms with Crippen LogP contribution in [0.3, 0.4) is 0 Å². The summed E-state index contributed by atoms with van der Waals surface area (Å²) in [5.41, 5.74) is 0.867. The van der Waals surface area contributed by atoms with Crippen LogP contribution in [0.4, 0.5) is 0 Å². The van der Waals surface area contributed by atoms with Gasteiger partial charge in [0.15, 0.2) is 0 Å². The smallest absolute Gasteiger partial charge is 0.334 e. The third-order valence-corrected chi connectivity index (χ3v) is 3.69. The van der Waals surface area contributed by atoms with Gasteiger partial charge in [-0.2, -0.15) is 0 Å². The molecule has 0 atom stereocenters. The third-order valence-electron chi connectivity index (χ3n) is 3.69. The minimum absolute atomic E-state index is 0.124. The summed E-state index contributed by atoms with van der Waals surface area (Å²) in [5, 5.41) is 0. The standard InChI is InChI=1S/C22H40O4/c1-9-10-11-12-18(20(23)25-14-16(2)3)19(13-22(6,7)8)21(24)26-15-17(4)5/h16-17H,9-15H2,1-8H3. The van der Waals surface area contributed by atoms with E-state index in [9.17, 15) is 9.59 Å². The first kappa shape index (κ1) is 24.7. The molecule has 26 heavy (non-hydrogen) atoms. The molecular formula is C22H40O4. The summed E-state index contributed by atoms with van der Waals surface area (Å²) >= 11 is 0. The average Bonchev–Trinajstić information content (AvgIpc) is 2.51. The van der Waals surface area contributed by atoms with Crippen LogP contribution in [-0.4, -0.2) is 25.2 Å². The number of ether oxygens (including phenoxy) is 2. The fourth-order valence-electron chi connectivity index (χ4n) is 2.42. The zero-order chi connectivity index (χ0) is 20.3. The Morgan fingerprint density at radius 2 is 1.27 bits per heavy atom. The van der Waals surface area contributed by atoms with Gasteiger partial charge in [0, 0.05) is 11.1 Å². The van der Waals surface area contributed by atoms with E-state index in [4.69, 9.17) is 9.47 Å². The number of esters is 2. The highest BCUT2D eigenvalue weighted by molar-refractivity contribution is 6.00. The van der Waals surface area contributed by atoms with Crippen molar-refractivity contribution in [3.05, 3.63) is 11.1 Å². The van der Waals surface area contributed by atoms with Gasteiger partial charge in [-0.25, -0.2) is 9.59 Å². The van der Waals surface area contributed by atoms with Crippen molar-refractivity contribution in [2.75, 3.05) is 13.2 Å². The van der Waals surface area contributed by atoms with Gasteiger partial charge >= 0.3 is 11.9 Å². The highest BCUT2D eigenvalue weighted by atomic mass is 16.5. The van der Waals surface area contributed by atoms with Gasteiger partial charge in [0.25, 0.3) is 0 Å². The maximum atomic E-state index is 12.8. The van der Waals surface area contributed by atoms with E-state index in [1.165, 1.54) is 0 Å². The van der Waals surface area contributed by atoms with Gasteiger partial charge in [0.1, 0.15) is 0 Å². The molecule has 0 spiro atoms. The van der Waals surface area contributed by atoms with Gasteiger partial charge < -0.3 is 9.47 Å². The van der Waals surface area contributed by atoms with E-state index in [-0.39, 0.29) is 29.2 Å². The first-order chi connectivity index (χ1) is 12.0. The quantitative estimate of drug-likeness (QED) is 0.267. The van der Waals surface area contributed by atoms with E-state index in [0.29, 0.717) is 37.2 Å². The molecule has 0 heterocycles. The van der Waals surface area contributed by atoms with Gasteiger partial charge in [0.2, 0.25) is 0 Å². The van der Waals surface area contributed by atoms with Gasteiger partial charge in [-0.3, -0.25) is 0 Å². The van der Waals surface area contributed by atoms with E-state index in [2.05, 4.69) is 27.7 Å². The Balaban J connectivity index is 5.70. The Bertz CT molecular complexity index is 467. The van der Waals surface area contributed by atoms with Crippen LogP contribution in [0.25, 0.3) is 0 Å². The average molecular weight is 369 g/mol. The summed E-state index contributed by atoms with van der Waals surface area (Å²) in [5.74, 6) is -0.224. The lowest BCUT2D eigenvalue weighted by atomic mass is 9.85. The second kappa shape index (κ2) is 12.1. The zero-order valence-corrected chi connectivity index (χ0v) is 18.2. The fraction of sp³-hybridized carbons (Fsp3) is 0.818. The summed E-state index contributed by atoms with van der Waals surface area (Å²) < 4.78 is 10.9. The molecule has 0 aliphatic rings. The molecule has 0 radical (unpaired) electrons. The molecule has 0 aromatic rings. The van der Waals surface area contributed by atoms with E-state index < -0.39 is 0 Å². The molecule has 0 aliphatic carbocycles. The molecule has 0 bridgehead atoms. The number of carbonyl (C=O) groups excluding carboxylic acids is 2. The third kappa shape index (κ3) is 11.3. The summed E-state index contributed by atoms with van der Waals surface area (Å²) in [6.45, 7) is 17.0. The molecule has 0 N–H and O–H groups in total. The normalized spacial score (nSPS) is 13.0. The molecule has 0 saturated heterocycles. The van der Waals surface area contributed by atoms with Crippen LogP contribution < -0.4 is 0 Å². The number of rotatable bonds is 11. The maximum Gasteiger partial charge on any atom is 0.334 e. The highest BCUT2D eigenvalue weighted by Gasteiger charge is 2.27. The van der Waals surface area contributed by atoms with E-state index in [1.807, 2.05) is 27.7 Å². The number of carbonyl (C=O) groups is 2. The van der Waals surface area contributed by atoms with Crippen molar-refractivity contribution in [1.29, 1.82) is 0 Å². The Labute approximate surface area is 160 Å². The maximum absolute atomic E-state index is 12.8. The van der Waals surface area contributed by atoms with E-state index in [1.54, 1.807) is 0 Å². The zero-order valence-electron chi connectivity index (χ0n) is 18.2. The molecule has 0 saturated carbocycles. The Hall–Kier alpha value is -1.32. The number of hydrogen-bond donors (Lipinski definition) is 0. The minimum atomic E-state index is -0.373. The largest absolute Gasteiger partial charge is 0.462 e. The van der Waals surface area contributed by atoms with Crippen molar-refractivity contribution in [2.24, 2.45) is 17.3 Å². The molecule has 0 amide bonds. The number of hydrogen-bond acceptors (Lipinski definition) is 4. The molecule has 0 aromatic heterocycles. The lowest BCUT2D eigenvalue weighted by Crippen LogP contribution is -2.22. The predicted molar refractivity (Wildman–Crippen MR) is 107 cm³/mol. The van der Waals surface area contributed by atoms with Crippen molar-refractivity contribution in [3.63, 3.8) is 0 Å². The summed E-state index contributed by atoms with van der Waals surface area (Å²) in [6, 6.07) is 0. The van der Waals surface area contributed by atoms with Crippen LogP contribution >= 0.6 is 0 Å². The molecule has 0 fully saturated rings. The Kier molecular flexibility index (Phi) is 11.5. The lowest BCUT2D eigenvalue weighted by molar-refractivity contribution is -0.143. The fourth-order valence-corrected chi connectivity index (χ4v) is 2.42.